The average molecular weight is 907 g/mol. The number of unbranched alkanes of at least 4 members (excludes halogenated alkanes) is 26. The molecule has 0 spiro atoms. The molecule has 0 fully saturated rings. The van der Waals surface area contributed by atoms with E-state index < -0.39 is 6.10 Å². The SMILES string of the molecule is CC/C=C\C/C=C\C/C=C\C/C=C\CCCCC(=O)O[C@H](COC(=O)CCCCCCCCC/C=C\C/C=C\CCCCC)COC(=O)CCCCCCCCCCCCCCCCC. The first-order valence-corrected chi connectivity index (χ1v) is 27.4. The van der Waals surface area contributed by atoms with Gasteiger partial charge in [0.1, 0.15) is 13.2 Å². The molecule has 0 radical (unpaired) electrons. The average Bonchev–Trinajstić information content (AvgIpc) is 3.30. The Bertz CT molecular complexity index is 1230. The molecule has 0 unspecified atom stereocenters. The van der Waals surface area contributed by atoms with Gasteiger partial charge in [0.15, 0.2) is 6.10 Å². The molecule has 0 heterocycles. The fourth-order valence-corrected chi connectivity index (χ4v) is 7.58. The van der Waals surface area contributed by atoms with Crippen molar-refractivity contribution < 1.29 is 28.6 Å². The van der Waals surface area contributed by atoms with Crippen molar-refractivity contribution >= 4 is 17.9 Å². The summed E-state index contributed by atoms with van der Waals surface area (Å²) in [5.41, 5.74) is 0. The van der Waals surface area contributed by atoms with Crippen LogP contribution in [0.25, 0.3) is 0 Å². The predicted molar refractivity (Wildman–Crippen MR) is 279 cm³/mol. The Morgan fingerprint density at radius 2 is 0.600 bits per heavy atom. The molecule has 0 bridgehead atoms. The Hall–Kier alpha value is -3.15. The van der Waals surface area contributed by atoms with Crippen LogP contribution in [-0.2, 0) is 28.6 Å². The van der Waals surface area contributed by atoms with Crippen molar-refractivity contribution in [1.82, 2.24) is 0 Å². The first-order chi connectivity index (χ1) is 32.0. The van der Waals surface area contributed by atoms with Crippen molar-refractivity contribution in [3.8, 4) is 0 Å². The maximum atomic E-state index is 12.8. The van der Waals surface area contributed by atoms with Crippen molar-refractivity contribution in [1.29, 1.82) is 0 Å². The van der Waals surface area contributed by atoms with Gasteiger partial charge >= 0.3 is 17.9 Å². The Labute approximate surface area is 402 Å². The fourth-order valence-electron chi connectivity index (χ4n) is 7.58. The van der Waals surface area contributed by atoms with Gasteiger partial charge in [-0.15, -0.1) is 0 Å². The van der Waals surface area contributed by atoms with Gasteiger partial charge in [0, 0.05) is 19.3 Å². The minimum atomic E-state index is -0.798. The van der Waals surface area contributed by atoms with E-state index in [1.165, 1.54) is 128 Å². The molecule has 6 heteroatoms. The van der Waals surface area contributed by atoms with Crippen LogP contribution >= 0.6 is 0 Å². The number of esters is 3. The molecule has 6 nitrogen and oxygen atoms in total. The summed E-state index contributed by atoms with van der Waals surface area (Å²) in [5, 5.41) is 0. The smallest absolute Gasteiger partial charge is 0.306 e. The van der Waals surface area contributed by atoms with Gasteiger partial charge < -0.3 is 14.2 Å². The van der Waals surface area contributed by atoms with E-state index in [2.05, 4.69) is 93.7 Å². The zero-order valence-electron chi connectivity index (χ0n) is 42.7. The van der Waals surface area contributed by atoms with Crippen molar-refractivity contribution in [3.63, 3.8) is 0 Å². The van der Waals surface area contributed by atoms with Crippen molar-refractivity contribution in [2.45, 2.75) is 271 Å². The molecule has 0 saturated heterocycles. The monoisotopic (exact) mass is 907 g/mol. The Morgan fingerprint density at radius 1 is 0.323 bits per heavy atom. The minimum Gasteiger partial charge on any atom is -0.462 e. The highest BCUT2D eigenvalue weighted by atomic mass is 16.6. The molecule has 0 aromatic heterocycles. The maximum absolute atomic E-state index is 12.8. The second-order valence-corrected chi connectivity index (χ2v) is 18.1. The molecule has 0 aliphatic carbocycles. The van der Waals surface area contributed by atoms with Crippen LogP contribution in [0.3, 0.4) is 0 Å². The summed E-state index contributed by atoms with van der Waals surface area (Å²) in [5.74, 6) is -0.936. The lowest BCUT2D eigenvalue weighted by Crippen LogP contribution is -2.30. The molecule has 0 amide bonds. The Morgan fingerprint density at radius 3 is 1.00 bits per heavy atom. The molecule has 65 heavy (non-hydrogen) atoms. The quantitative estimate of drug-likeness (QED) is 0.0262. The van der Waals surface area contributed by atoms with E-state index in [0.717, 1.165) is 89.9 Å². The van der Waals surface area contributed by atoms with E-state index in [1.54, 1.807) is 0 Å². The normalized spacial score (nSPS) is 12.6. The summed E-state index contributed by atoms with van der Waals surface area (Å²) in [6.07, 6.45) is 67.4. The topological polar surface area (TPSA) is 78.9 Å². The van der Waals surface area contributed by atoms with E-state index in [-0.39, 0.29) is 37.5 Å². The standard InChI is InChI=1S/C59H102O6/c1-4-7-10-13-16-19-22-25-28-29-32-34-37-40-43-46-49-52-58(61)64-55-56(65-59(62)53-50-47-44-41-38-35-31-27-24-21-18-15-12-9-6-3)54-63-57(60)51-48-45-42-39-36-33-30-26-23-20-17-14-11-8-5-2/h9,12,16,18-19,21,25,27-28,31,38,41,56H,4-8,10-11,13-15,17,20,22-24,26,29-30,32-37,39-40,42-55H2,1-3H3/b12-9-,19-16-,21-18-,28-25-,31-27-,41-38-/t56-/m0/s1. The van der Waals surface area contributed by atoms with E-state index in [1.807, 2.05) is 0 Å². The van der Waals surface area contributed by atoms with Crippen LogP contribution in [-0.4, -0.2) is 37.2 Å². The zero-order chi connectivity index (χ0) is 47.2. The van der Waals surface area contributed by atoms with Crippen LogP contribution in [0.4, 0.5) is 0 Å². The highest BCUT2D eigenvalue weighted by Gasteiger charge is 2.19. The summed E-state index contributed by atoms with van der Waals surface area (Å²) in [7, 11) is 0. The molecule has 0 aromatic rings. The van der Waals surface area contributed by atoms with Crippen LogP contribution in [0.1, 0.15) is 265 Å². The molecular weight excluding hydrogens is 805 g/mol. The molecule has 374 valence electrons. The van der Waals surface area contributed by atoms with Crippen LogP contribution in [0.5, 0.6) is 0 Å². The van der Waals surface area contributed by atoms with E-state index >= 15 is 0 Å². The van der Waals surface area contributed by atoms with Gasteiger partial charge in [-0.1, -0.05) is 229 Å². The zero-order valence-corrected chi connectivity index (χ0v) is 42.7. The first-order valence-electron chi connectivity index (χ1n) is 27.4. The Balaban J connectivity index is 4.44. The molecule has 1 atom stereocenters. The summed E-state index contributed by atoms with van der Waals surface area (Å²) in [6, 6.07) is 0. The number of carbonyl (C=O) groups excluding carboxylic acids is 3. The molecular formula is C59H102O6. The number of rotatable bonds is 49. The molecule has 0 N–H and O–H groups in total. The van der Waals surface area contributed by atoms with Gasteiger partial charge in [0.25, 0.3) is 0 Å². The van der Waals surface area contributed by atoms with Crippen molar-refractivity contribution in [2.24, 2.45) is 0 Å². The second kappa shape index (κ2) is 53.5. The molecule has 0 aromatic carbocycles. The minimum absolute atomic E-state index is 0.0927. The molecule has 0 aliphatic rings. The van der Waals surface area contributed by atoms with E-state index in [4.69, 9.17) is 14.2 Å². The van der Waals surface area contributed by atoms with Crippen molar-refractivity contribution in [2.75, 3.05) is 13.2 Å². The van der Waals surface area contributed by atoms with Crippen LogP contribution in [0.15, 0.2) is 72.9 Å². The third-order valence-electron chi connectivity index (χ3n) is 11.7. The highest BCUT2D eigenvalue weighted by Crippen LogP contribution is 2.15. The van der Waals surface area contributed by atoms with Crippen LogP contribution in [0, 0.1) is 0 Å². The number of allylic oxidation sites excluding steroid dienone is 12. The van der Waals surface area contributed by atoms with Gasteiger partial charge in [-0.25, -0.2) is 0 Å². The third-order valence-corrected chi connectivity index (χ3v) is 11.7. The molecule has 0 saturated carbocycles. The summed E-state index contributed by atoms with van der Waals surface area (Å²) in [6.45, 7) is 6.47. The maximum Gasteiger partial charge on any atom is 0.306 e. The largest absolute Gasteiger partial charge is 0.462 e. The third kappa shape index (κ3) is 51.7. The van der Waals surface area contributed by atoms with E-state index in [9.17, 15) is 14.4 Å². The molecule has 0 aliphatic heterocycles. The lowest BCUT2D eigenvalue weighted by Gasteiger charge is -2.18. The lowest BCUT2D eigenvalue weighted by atomic mass is 10.0. The first kappa shape index (κ1) is 61.9. The van der Waals surface area contributed by atoms with Gasteiger partial charge in [-0.2, -0.15) is 0 Å². The van der Waals surface area contributed by atoms with Crippen LogP contribution < -0.4 is 0 Å². The number of ether oxygens (including phenoxy) is 3. The highest BCUT2D eigenvalue weighted by molar-refractivity contribution is 5.71. The lowest BCUT2D eigenvalue weighted by molar-refractivity contribution is -0.167. The van der Waals surface area contributed by atoms with E-state index in [0.29, 0.717) is 19.3 Å². The number of hydrogen-bond acceptors (Lipinski definition) is 6. The fraction of sp³-hybridized carbons (Fsp3) is 0.746. The van der Waals surface area contributed by atoms with Gasteiger partial charge in [-0.05, 0) is 89.9 Å². The molecule has 0 rings (SSSR count). The van der Waals surface area contributed by atoms with Crippen LogP contribution in [0.2, 0.25) is 0 Å². The summed E-state index contributed by atoms with van der Waals surface area (Å²) < 4.78 is 16.8. The second-order valence-electron chi connectivity index (χ2n) is 18.1. The Kier molecular flexibility index (Phi) is 50.9. The van der Waals surface area contributed by atoms with Gasteiger partial charge in [0.2, 0.25) is 0 Å². The number of hydrogen-bond donors (Lipinski definition) is 0. The summed E-state index contributed by atoms with van der Waals surface area (Å²) in [4.78, 5) is 38.1. The van der Waals surface area contributed by atoms with Gasteiger partial charge in [-0.3, -0.25) is 14.4 Å². The predicted octanol–water partition coefficient (Wildman–Crippen LogP) is 18.2. The van der Waals surface area contributed by atoms with Gasteiger partial charge in [0.05, 0.1) is 0 Å². The van der Waals surface area contributed by atoms with Crippen molar-refractivity contribution in [3.05, 3.63) is 72.9 Å². The number of carbonyl (C=O) groups is 3. The summed E-state index contributed by atoms with van der Waals surface area (Å²) >= 11 is 0.